The highest BCUT2D eigenvalue weighted by molar-refractivity contribution is 9.10. The fourth-order valence-corrected chi connectivity index (χ4v) is 2.61. The monoisotopic (exact) mass is 314 g/mol. The zero-order chi connectivity index (χ0) is 13.0. The lowest BCUT2D eigenvalue weighted by Crippen LogP contribution is -2.46. The molecule has 0 unspecified atom stereocenters. The van der Waals surface area contributed by atoms with Gasteiger partial charge in [-0.1, -0.05) is 15.9 Å². The quantitative estimate of drug-likeness (QED) is 0.878. The molecule has 0 atom stereocenters. The van der Waals surface area contributed by atoms with Crippen molar-refractivity contribution in [3.63, 3.8) is 0 Å². The number of halogens is 1. The third-order valence-corrected chi connectivity index (χ3v) is 4.08. The first-order chi connectivity index (χ1) is 8.69. The second kappa shape index (κ2) is 6.52. The summed E-state index contributed by atoms with van der Waals surface area (Å²) in [6.07, 6.45) is 0. The zero-order valence-corrected chi connectivity index (χ0v) is 11.9. The number of piperazine rings is 1. The standard InChI is InChI=1S/C13H19BrN2O2/c14-13-2-1-12(18)9-11(13)10-16-5-3-15(4-6-16)7-8-17/h1-2,9,17-18H,3-8,10H2. The van der Waals surface area contributed by atoms with Crippen molar-refractivity contribution in [1.82, 2.24) is 9.80 Å². The van der Waals surface area contributed by atoms with Gasteiger partial charge < -0.3 is 10.2 Å². The molecule has 1 aliphatic heterocycles. The van der Waals surface area contributed by atoms with Crippen molar-refractivity contribution in [2.45, 2.75) is 6.54 Å². The van der Waals surface area contributed by atoms with Crippen molar-refractivity contribution in [2.24, 2.45) is 0 Å². The number of rotatable bonds is 4. The summed E-state index contributed by atoms with van der Waals surface area (Å²) < 4.78 is 1.04. The Morgan fingerprint density at radius 3 is 2.44 bits per heavy atom. The number of β-amino-alcohol motifs (C(OH)–C–C–N with tert-alkyl or cyclic N) is 1. The predicted molar refractivity (Wildman–Crippen MR) is 74.6 cm³/mol. The summed E-state index contributed by atoms with van der Waals surface area (Å²) in [6.45, 7) is 5.85. The summed E-state index contributed by atoms with van der Waals surface area (Å²) in [6, 6.07) is 5.38. The van der Waals surface area contributed by atoms with Crippen LogP contribution in [0, 0.1) is 0 Å². The van der Waals surface area contributed by atoms with Gasteiger partial charge in [0.15, 0.2) is 0 Å². The Morgan fingerprint density at radius 1 is 1.11 bits per heavy atom. The Bertz CT molecular complexity index is 393. The lowest BCUT2D eigenvalue weighted by atomic mass is 10.2. The third kappa shape index (κ3) is 3.68. The highest BCUT2D eigenvalue weighted by atomic mass is 79.9. The van der Waals surface area contributed by atoms with Gasteiger partial charge in [0, 0.05) is 43.7 Å². The molecule has 0 aromatic heterocycles. The van der Waals surface area contributed by atoms with Gasteiger partial charge in [0.05, 0.1) is 6.61 Å². The second-order valence-corrected chi connectivity index (χ2v) is 5.47. The van der Waals surface area contributed by atoms with Gasteiger partial charge in [-0.2, -0.15) is 0 Å². The van der Waals surface area contributed by atoms with E-state index in [1.807, 2.05) is 12.1 Å². The summed E-state index contributed by atoms with van der Waals surface area (Å²) in [5.74, 6) is 0.312. The van der Waals surface area contributed by atoms with Gasteiger partial charge >= 0.3 is 0 Å². The molecule has 1 aromatic carbocycles. The molecule has 100 valence electrons. The summed E-state index contributed by atoms with van der Waals surface area (Å²) in [5.41, 5.74) is 1.12. The molecule has 4 nitrogen and oxygen atoms in total. The van der Waals surface area contributed by atoms with Gasteiger partial charge in [-0.3, -0.25) is 9.80 Å². The minimum absolute atomic E-state index is 0.234. The second-order valence-electron chi connectivity index (χ2n) is 4.62. The fraction of sp³-hybridized carbons (Fsp3) is 0.538. The van der Waals surface area contributed by atoms with Crippen LogP contribution >= 0.6 is 15.9 Å². The maximum absolute atomic E-state index is 9.50. The molecular weight excluding hydrogens is 296 g/mol. The topological polar surface area (TPSA) is 46.9 Å². The number of aliphatic hydroxyl groups excluding tert-OH is 1. The van der Waals surface area contributed by atoms with Gasteiger partial charge in [-0.15, -0.1) is 0 Å². The number of aliphatic hydroxyl groups is 1. The molecule has 1 saturated heterocycles. The van der Waals surface area contributed by atoms with E-state index in [-0.39, 0.29) is 6.61 Å². The SMILES string of the molecule is OCCN1CCN(Cc2cc(O)ccc2Br)CC1. The van der Waals surface area contributed by atoms with Crippen LogP contribution in [0.25, 0.3) is 0 Å². The van der Waals surface area contributed by atoms with Crippen LogP contribution in [0.3, 0.4) is 0 Å². The molecule has 0 saturated carbocycles. The van der Waals surface area contributed by atoms with Gasteiger partial charge in [0.25, 0.3) is 0 Å². The molecule has 0 radical (unpaired) electrons. The Kier molecular flexibility index (Phi) is 5.00. The van der Waals surface area contributed by atoms with E-state index < -0.39 is 0 Å². The van der Waals surface area contributed by atoms with E-state index >= 15 is 0 Å². The minimum atomic E-state index is 0.234. The van der Waals surface area contributed by atoms with Crippen molar-refractivity contribution in [3.8, 4) is 5.75 Å². The van der Waals surface area contributed by atoms with Crippen molar-refractivity contribution >= 4 is 15.9 Å². The van der Waals surface area contributed by atoms with E-state index in [0.717, 1.165) is 49.3 Å². The van der Waals surface area contributed by atoms with Crippen LogP contribution in [0.15, 0.2) is 22.7 Å². The van der Waals surface area contributed by atoms with Crippen molar-refractivity contribution in [3.05, 3.63) is 28.2 Å². The first kappa shape index (κ1) is 13.8. The number of hydrogen-bond donors (Lipinski definition) is 2. The van der Waals surface area contributed by atoms with Gasteiger partial charge in [-0.25, -0.2) is 0 Å². The van der Waals surface area contributed by atoms with Crippen LogP contribution < -0.4 is 0 Å². The van der Waals surface area contributed by atoms with Crippen LogP contribution in [-0.2, 0) is 6.54 Å². The van der Waals surface area contributed by atoms with Gasteiger partial charge in [-0.05, 0) is 23.8 Å². The Hall–Kier alpha value is -0.620. The van der Waals surface area contributed by atoms with Crippen LogP contribution in [-0.4, -0.2) is 59.3 Å². The van der Waals surface area contributed by atoms with Crippen LogP contribution in [0.1, 0.15) is 5.56 Å². The lowest BCUT2D eigenvalue weighted by molar-refractivity contribution is 0.108. The summed E-state index contributed by atoms with van der Waals surface area (Å²) in [4.78, 5) is 4.64. The van der Waals surface area contributed by atoms with E-state index in [9.17, 15) is 5.11 Å². The number of hydrogen-bond acceptors (Lipinski definition) is 4. The van der Waals surface area contributed by atoms with E-state index in [1.54, 1.807) is 6.07 Å². The molecule has 1 aliphatic rings. The highest BCUT2D eigenvalue weighted by Crippen LogP contribution is 2.23. The van der Waals surface area contributed by atoms with Gasteiger partial charge in [0.2, 0.25) is 0 Å². The predicted octanol–water partition coefficient (Wildman–Crippen LogP) is 1.26. The molecule has 1 aromatic rings. The molecule has 5 heteroatoms. The Balaban J connectivity index is 1.89. The molecule has 0 aliphatic carbocycles. The summed E-state index contributed by atoms with van der Waals surface area (Å²) in [5, 5.41) is 18.4. The smallest absolute Gasteiger partial charge is 0.115 e. The summed E-state index contributed by atoms with van der Waals surface area (Å²) in [7, 11) is 0. The lowest BCUT2D eigenvalue weighted by Gasteiger charge is -2.34. The third-order valence-electron chi connectivity index (χ3n) is 3.30. The van der Waals surface area contributed by atoms with Crippen molar-refractivity contribution in [2.75, 3.05) is 39.3 Å². The normalized spacial score (nSPS) is 18.1. The molecule has 1 heterocycles. The van der Waals surface area contributed by atoms with Crippen molar-refractivity contribution < 1.29 is 10.2 Å². The number of benzene rings is 1. The maximum atomic E-state index is 9.50. The van der Waals surface area contributed by atoms with E-state index in [1.165, 1.54) is 0 Å². The molecular formula is C13H19BrN2O2. The number of aromatic hydroxyl groups is 1. The molecule has 2 N–H and O–H groups in total. The number of nitrogens with zero attached hydrogens (tertiary/aromatic N) is 2. The number of phenolic OH excluding ortho intramolecular Hbond substituents is 1. The largest absolute Gasteiger partial charge is 0.508 e. The number of phenols is 1. The first-order valence-electron chi connectivity index (χ1n) is 6.22. The Labute approximate surface area is 116 Å². The van der Waals surface area contributed by atoms with E-state index in [4.69, 9.17) is 5.11 Å². The minimum Gasteiger partial charge on any atom is -0.508 e. The average Bonchev–Trinajstić information content (AvgIpc) is 2.37. The average molecular weight is 315 g/mol. The van der Waals surface area contributed by atoms with Crippen LogP contribution in [0.5, 0.6) is 5.75 Å². The van der Waals surface area contributed by atoms with Crippen LogP contribution in [0.4, 0.5) is 0 Å². The molecule has 0 amide bonds. The van der Waals surface area contributed by atoms with Gasteiger partial charge in [0.1, 0.15) is 5.75 Å². The summed E-state index contributed by atoms with van der Waals surface area (Å²) >= 11 is 3.51. The molecule has 18 heavy (non-hydrogen) atoms. The molecule has 0 bridgehead atoms. The zero-order valence-electron chi connectivity index (χ0n) is 10.3. The van der Waals surface area contributed by atoms with E-state index in [0.29, 0.717) is 5.75 Å². The molecule has 0 spiro atoms. The first-order valence-corrected chi connectivity index (χ1v) is 7.01. The van der Waals surface area contributed by atoms with Crippen molar-refractivity contribution in [1.29, 1.82) is 0 Å². The molecule has 2 rings (SSSR count). The fourth-order valence-electron chi connectivity index (χ4n) is 2.24. The molecule has 1 fully saturated rings. The van der Waals surface area contributed by atoms with E-state index in [2.05, 4.69) is 25.7 Å². The van der Waals surface area contributed by atoms with Crippen LogP contribution in [0.2, 0.25) is 0 Å². The highest BCUT2D eigenvalue weighted by Gasteiger charge is 2.17. The Morgan fingerprint density at radius 2 is 1.78 bits per heavy atom. The maximum Gasteiger partial charge on any atom is 0.115 e.